The van der Waals surface area contributed by atoms with Crippen LogP contribution >= 0.6 is 0 Å². The second kappa shape index (κ2) is 17.3. The Balaban J connectivity index is 1.33. The SMILES string of the molecule is CC(C)(C)Cc1ccc(-c2cccc3c(-c4cc(-c5cccc6c5nc(-c5cc(C(C)(C)C)cc(C(C)(C)C)c5O)n6-c5ccc(C(C)(C)C)cc5-c5ccccc5)cc(C(C)(C)C)c4)ncnc23)o1. The number of aromatic nitrogens is 4. The number of aromatic hydroxyl groups is 1. The molecular weight excluding hydrogens is 857 g/mol. The summed E-state index contributed by atoms with van der Waals surface area (Å²) < 4.78 is 8.77. The summed E-state index contributed by atoms with van der Waals surface area (Å²) in [6.45, 7) is 33.4. The number of nitrogens with zero attached hydrogens (tertiary/aromatic N) is 4. The van der Waals surface area contributed by atoms with Gasteiger partial charge in [0, 0.05) is 39.6 Å². The van der Waals surface area contributed by atoms with Crippen LogP contribution in [-0.2, 0) is 28.1 Å². The van der Waals surface area contributed by atoms with Crippen LogP contribution in [0, 0.1) is 5.41 Å². The van der Waals surface area contributed by atoms with Crippen molar-refractivity contribution in [1.82, 2.24) is 19.5 Å². The quantitative estimate of drug-likeness (QED) is 0.172. The zero-order valence-electron chi connectivity index (χ0n) is 44.1. The molecule has 0 fully saturated rings. The van der Waals surface area contributed by atoms with E-state index in [2.05, 4.69) is 236 Å². The van der Waals surface area contributed by atoms with Gasteiger partial charge in [0.15, 0.2) is 0 Å². The normalized spacial score (nSPS) is 12.9. The van der Waals surface area contributed by atoms with Crippen LogP contribution in [0.5, 0.6) is 5.75 Å². The molecule has 70 heavy (non-hydrogen) atoms. The molecule has 0 spiro atoms. The monoisotopic (exact) mass is 927 g/mol. The summed E-state index contributed by atoms with van der Waals surface area (Å²) in [5.41, 5.74) is 15.0. The van der Waals surface area contributed by atoms with Crippen LogP contribution in [-0.4, -0.2) is 24.6 Å². The highest BCUT2D eigenvalue weighted by Crippen LogP contribution is 2.47. The molecule has 0 aliphatic rings. The van der Waals surface area contributed by atoms with Gasteiger partial charge in [0.25, 0.3) is 0 Å². The standard InChI is InChI=1S/C64H70N4O2/c1-60(2,3)37-45-28-30-54(70-45)47-24-19-25-48-55(65-38-66-56(47)48)41-31-40(32-43(33-41)62(7,8)9)46-23-20-26-53-57(46)67-59(50-35-44(63(10,11)12)36-51(58(50)69)64(13,14)15)68(53)52-29-27-42(61(4,5)6)34-49(52)39-21-17-16-18-22-39/h16-36,38,69H,37H2,1-15H3. The summed E-state index contributed by atoms with van der Waals surface area (Å²) in [5, 5.41) is 13.6. The summed E-state index contributed by atoms with van der Waals surface area (Å²) >= 11 is 0. The Morgan fingerprint density at radius 1 is 0.500 bits per heavy atom. The molecule has 3 aromatic heterocycles. The van der Waals surface area contributed by atoms with Crippen LogP contribution in [0.15, 0.2) is 138 Å². The molecule has 9 aromatic rings. The molecule has 3 heterocycles. The topological polar surface area (TPSA) is 77.0 Å². The summed E-state index contributed by atoms with van der Waals surface area (Å²) in [5.74, 6) is 2.69. The van der Waals surface area contributed by atoms with Crippen molar-refractivity contribution in [2.24, 2.45) is 5.41 Å². The van der Waals surface area contributed by atoms with Crippen molar-refractivity contribution in [2.75, 3.05) is 0 Å². The number of rotatable bonds is 7. The Morgan fingerprint density at radius 2 is 1.14 bits per heavy atom. The maximum absolute atomic E-state index is 12.6. The zero-order chi connectivity index (χ0) is 50.3. The van der Waals surface area contributed by atoms with Crippen molar-refractivity contribution in [2.45, 2.75) is 132 Å². The van der Waals surface area contributed by atoms with E-state index in [9.17, 15) is 5.11 Å². The summed E-state index contributed by atoms with van der Waals surface area (Å²) in [7, 11) is 0. The molecule has 9 rings (SSSR count). The maximum Gasteiger partial charge on any atom is 0.149 e. The third-order valence-corrected chi connectivity index (χ3v) is 13.6. The van der Waals surface area contributed by atoms with Crippen molar-refractivity contribution in [1.29, 1.82) is 0 Å². The van der Waals surface area contributed by atoms with E-state index in [1.54, 1.807) is 6.33 Å². The lowest BCUT2D eigenvalue weighted by atomic mass is 9.79. The average Bonchev–Trinajstić information content (AvgIpc) is 3.91. The Bertz CT molecular complexity index is 3430. The number of imidazole rings is 1. The van der Waals surface area contributed by atoms with Crippen LogP contribution in [0.25, 0.3) is 83.8 Å². The van der Waals surface area contributed by atoms with Gasteiger partial charge in [-0.15, -0.1) is 0 Å². The number of hydrogen-bond donors (Lipinski definition) is 1. The molecule has 0 aliphatic carbocycles. The van der Waals surface area contributed by atoms with Crippen molar-refractivity contribution >= 4 is 21.9 Å². The Morgan fingerprint density at radius 3 is 1.81 bits per heavy atom. The van der Waals surface area contributed by atoms with Crippen molar-refractivity contribution < 1.29 is 9.52 Å². The Hall–Kier alpha value is -6.79. The zero-order valence-corrected chi connectivity index (χ0v) is 44.1. The van der Waals surface area contributed by atoms with Crippen LogP contribution in [0.3, 0.4) is 0 Å². The van der Waals surface area contributed by atoms with Gasteiger partial charge < -0.3 is 9.52 Å². The third-order valence-electron chi connectivity index (χ3n) is 13.6. The van der Waals surface area contributed by atoms with Gasteiger partial charge >= 0.3 is 0 Å². The van der Waals surface area contributed by atoms with Gasteiger partial charge in [0.05, 0.1) is 33.5 Å². The summed E-state index contributed by atoms with van der Waals surface area (Å²) in [6.07, 6.45) is 2.52. The molecule has 0 bridgehead atoms. The first-order valence-corrected chi connectivity index (χ1v) is 24.9. The first-order valence-electron chi connectivity index (χ1n) is 24.9. The van der Waals surface area contributed by atoms with E-state index in [-0.39, 0.29) is 32.8 Å². The molecule has 0 aliphatic heterocycles. The van der Waals surface area contributed by atoms with Gasteiger partial charge in [-0.05, 0) is 109 Å². The van der Waals surface area contributed by atoms with E-state index < -0.39 is 0 Å². The molecule has 1 N–H and O–H groups in total. The fourth-order valence-corrected chi connectivity index (χ4v) is 9.62. The lowest BCUT2D eigenvalue weighted by Crippen LogP contribution is -2.17. The molecule has 0 amide bonds. The smallest absolute Gasteiger partial charge is 0.149 e. The average molecular weight is 927 g/mol. The summed E-state index contributed by atoms with van der Waals surface area (Å²) in [6, 6.07) is 45.6. The van der Waals surface area contributed by atoms with Gasteiger partial charge in [-0.3, -0.25) is 4.57 Å². The van der Waals surface area contributed by atoms with E-state index in [4.69, 9.17) is 19.4 Å². The minimum absolute atomic E-state index is 0.0866. The Kier molecular flexibility index (Phi) is 11.9. The highest BCUT2D eigenvalue weighted by molar-refractivity contribution is 6.02. The number of fused-ring (bicyclic) bond motifs is 2. The van der Waals surface area contributed by atoms with E-state index in [1.165, 1.54) is 11.1 Å². The minimum Gasteiger partial charge on any atom is -0.507 e. The molecule has 6 aromatic carbocycles. The predicted octanol–water partition coefficient (Wildman–Crippen LogP) is 17.4. The lowest BCUT2D eigenvalue weighted by Gasteiger charge is -2.28. The molecule has 358 valence electrons. The van der Waals surface area contributed by atoms with Gasteiger partial charge in [0.2, 0.25) is 0 Å². The number of furan rings is 1. The molecular formula is C64H70N4O2. The molecule has 6 heteroatoms. The van der Waals surface area contributed by atoms with E-state index >= 15 is 0 Å². The van der Waals surface area contributed by atoms with E-state index in [0.29, 0.717) is 11.4 Å². The van der Waals surface area contributed by atoms with Gasteiger partial charge in [-0.1, -0.05) is 177 Å². The van der Waals surface area contributed by atoms with E-state index in [1.807, 2.05) is 0 Å². The minimum atomic E-state index is -0.339. The fourth-order valence-electron chi connectivity index (χ4n) is 9.62. The van der Waals surface area contributed by atoms with Crippen LogP contribution < -0.4 is 0 Å². The van der Waals surface area contributed by atoms with Gasteiger partial charge in [0.1, 0.15) is 29.4 Å². The lowest BCUT2D eigenvalue weighted by molar-refractivity contribution is 0.366. The molecule has 0 unspecified atom stereocenters. The molecule has 0 radical (unpaired) electrons. The molecule has 6 nitrogen and oxygen atoms in total. The van der Waals surface area contributed by atoms with Crippen molar-refractivity contribution in [3.63, 3.8) is 0 Å². The van der Waals surface area contributed by atoms with Crippen molar-refractivity contribution in [3.8, 4) is 67.7 Å². The molecule has 0 saturated heterocycles. The molecule has 0 saturated carbocycles. The second-order valence-electron chi connectivity index (χ2n) is 24.7. The number of hydrogen-bond acceptors (Lipinski definition) is 5. The highest BCUT2D eigenvalue weighted by Gasteiger charge is 2.30. The van der Waals surface area contributed by atoms with E-state index in [0.717, 1.165) is 95.8 Å². The number of phenolic OH excluding ortho intramolecular Hbond substituents is 1. The first kappa shape index (κ1) is 48.2. The first-order chi connectivity index (χ1) is 32.8. The largest absolute Gasteiger partial charge is 0.507 e. The van der Waals surface area contributed by atoms with Crippen LogP contribution in [0.4, 0.5) is 0 Å². The number of benzene rings is 6. The number of phenols is 1. The van der Waals surface area contributed by atoms with Crippen molar-refractivity contribution in [3.05, 3.63) is 162 Å². The van der Waals surface area contributed by atoms with Crippen LogP contribution in [0.2, 0.25) is 0 Å². The van der Waals surface area contributed by atoms with Gasteiger partial charge in [-0.25, -0.2) is 15.0 Å². The van der Waals surface area contributed by atoms with Crippen LogP contribution in [0.1, 0.15) is 132 Å². The highest BCUT2D eigenvalue weighted by atomic mass is 16.3. The van der Waals surface area contributed by atoms with Gasteiger partial charge in [-0.2, -0.15) is 0 Å². The summed E-state index contributed by atoms with van der Waals surface area (Å²) in [4.78, 5) is 15.6. The fraction of sp³-hybridized carbons (Fsp3) is 0.328. The number of para-hydroxylation sites is 2. The predicted molar refractivity (Wildman–Crippen MR) is 293 cm³/mol. The Labute approximate surface area is 415 Å². The molecule has 0 atom stereocenters. The second-order valence-corrected chi connectivity index (χ2v) is 24.7. The maximum atomic E-state index is 12.6. The third kappa shape index (κ3) is 9.33.